The molecule has 1 saturated heterocycles. The van der Waals surface area contributed by atoms with Gasteiger partial charge in [0.25, 0.3) is 5.91 Å². The number of hydrogen-bond acceptors (Lipinski definition) is 4. The Balaban J connectivity index is 2.11. The van der Waals surface area contributed by atoms with Gasteiger partial charge in [0.1, 0.15) is 0 Å². The maximum Gasteiger partial charge on any atom is 0.328 e. The molecule has 1 aromatic rings. The van der Waals surface area contributed by atoms with Gasteiger partial charge in [-0.15, -0.1) is 11.3 Å². The first-order chi connectivity index (χ1) is 9.77. The summed E-state index contributed by atoms with van der Waals surface area (Å²) in [5.41, 5.74) is -0.351. The highest BCUT2D eigenvalue weighted by molar-refractivity contribution is 7.14. The number of hydrogen-bond donors (Lipinski definition) is 1. The summed E-state index contributed by atoms with van der Waals surface area (Å²) in [6.45, 7) is 7.02. The lowest BCUT2D eigenvalue weighted by Crippen LogP contribution is -2.53. The van der Waals surface area contributed by atoms with E-state index in [4.69, 9.17) is 9.84 Å². The van der Waals surface area contributed by atoms with Crippen LogP contribution in [0.4, 0.5) is 0 Å². The first-order valence-electron chi connectivity index (χ1n) is 6.75. The van der Waals surface area contributed by atoms with Crippen LogP contribution in [-0.2, 0) is 9.53 Å². The molecule has 1 unspecified atom stereocenters. The third-order valence-corrected chi connectivity index (χ3v) is 4.12. The third kappa shape index (κ3) is 4.15. The van der Waals surface area contributed by atoms with Crippen molar-refractivity contribution in [2.24, 2.45) is 0 Å². The Morgan fingerprint density at radius 3 is 2.81 bits per heavy atom. The zero-order valence-electron chi connectivity index (χ0n) is 12.3. The van der Waals surface area contributed by atoms with Crippen LogP contribution >= 0.6 is 11.3 Å². The summed E-state index contributed by atoms with van der Waals surface area (Å²) in [5, 5.41) is 8.61. The van der Waals surface area contributed by atoms with E-state index in [-0.39, 0.29) is 17.6 Å². The second-order valence-corrected chi connectivity index (χ2v) is 6.86. The van der Waals surface area contributed by atoms with Gasteiger partial charge in [-0.1, -0.05) is 0 Å². The maximum atomic E-state index is 12.5. The first kappa shape index (κ1) is 15.7. The van der Waals surface area contributed by atoms with Crippen LogP contribution in [0.25, 0.3) is 6.08 Å². The van der Waals surface area contributed by atoms with Gasteiger partial charge in [-0.25, -0.2) is 4.79 Å². The number of carboxylic acid groups (broad SMARTS) is 1. The van der Waals surface area contributed by atoms with E-state index in [1.807, 2.05) is 20.8 Å². The van der Waals surface area contributed by atoms with Gasteiger partial charge in [-0.3, -0.25) is 4.79 Å². The summed E-state index contributed by atoms with van der Waals surface area (Å²) in [7, 11) is 0. The molecule has 1 atom stereocenters. The first-order valence-corrected chi connectivity index (χ1v) is 7.56. The predicted octanol–water partition coefficient (Wildman–Crippen LogP) is 2.49. The molecule has 0 bridgehead atoms. The molecule has 1 aliphatic heterocycles. The molecule has 1 aromatic heterocycles. The number of carbonyl (C=O) groups excluding carboxylic acids is 1. The number of morpholine rings is 1. The molecule has 0 radical (unpaired) electrons. The minimum Gasteiger partial charge on any atom is -0.478 e. The van der Waals surface area contributed by atoms with Gasteiger partial charge in [0.15, 0.2) is 0 Å². The Morgan fingerprint density at radius 2 is 2.19 bits per heavy atom. The molecule has 1 amide bonds. The minimum absolute atomic E-state index is 0.00374. The molecular weight excluding hydrogens is 290 g/mol. The van der Waals surface area contributed by atoms with E-state index in [0.29, 0.717) is 18.0 Å². The minimum atomic E-state index is -1.000. The summed E-state index contributed by atoms with van der Waals surface area (Å²) in [6.07, 6.45) is 2.57. The molecule has 114 valence electrons. The quantitative estimate of drug-likeness (QED) is 0.871. The normalized spacial score (nSPS) is 21.7. The van der Waals surface area contributed by atoms with Crippen molar-refractivity contribution in [2.75, 3.05) is 13.1 Å². The van der Waals surface area contributed by atoms with Crippen LogP contribution < -0.4 is 0 Å². The van der Waals surface area contributed by atoms with Gasteiger partial charge < -0.3 is 14.7 Å². The summed E-state index contributed by atoms with van der Waals surface area (Å²) < 4.78 is 5.79. The Hall–Kier alpha value is -1.66. The summed E-state index contributed by atoms with van der Waals surface area (Å²) in [4.78, 5) is 26.2. The summed E-state index contributed by atoms with van der Waals surface area (Å²) in [6, 6.07) is 3.49. The topological polar surface area (TPSA) is 66.8 Å². The molecule has 2 heterocycles. The molecular formula is C15H19NO4S. The van der Waals surface area contributed by atoms with Crippen molar-refractivity contribution in [3.8, 4) is 0 Å². The number of rotatable bonds is 3. The van der Waals surface area contributed by atoms with Crippen LogP contribution in [0.15, 0.2) is 18.2 Å². The Morgan fingerprint density at radius 1 is 1.48 bits per heavy atom. The van der Waals surface area contributed by atoms with Gasteiger partial charge in [-0.2, -0.15) is 0 Å². The van der Waals surface area contributed by atoms with E-state index in [9.17, 15) is 9.59 Å². The molecule has 6 heteroatoms. The number of carboxylic acids is 1. The second-order valence-electron chi connectivity index (χ2n) is 5.75. The largest absolute Gasteiger partial charge is 0.478 e. The molecule has 0 aliphatic carbocycles. The highest BCUT2D eigenvalue weighted by Crippen LogP contribution is 2.25. The molecule has 1 aliphatic rings. The number of carbonyl (C=O) groups is 2. The maximum absolute atomic E-state index is 12.5. The lowest BCUT2D eigenvalue weighted by atomic mass is 10.1. The smallest absolute Gasteiger partial charge is 0.328 e. The van der Waals surface area contributed by atoms with Crippen molar-refractivity contribution in [3.63, 3.8) is 0 Å². The predicted molar refractivity (Wildman–Crippen MR) is 81.5 cm³/mol. The molecule has 0 saturated carbocycles. The van der Waals surface area contributed by atoms with Crippen LogP contribution in [0, 0.1) is 0 Å². The van der Waals surface area contributed by atoms with Gasteiger partial charge in [0, 0.05) is 24.0 Å². The van der Waals surface area contributed by atoms with Crippen molar-refractivity contribution in [1.82, 2.24) is 4.90 Å². The van der Waals surface area contributed by atoms with Gasteiger partial charge in [0.2, 0.25) is 0 Å². The second kappa shape index (κ2) is 5.99. The average molecular weight is 309 g/mol. The number of thiophene rings is 1. The molecule has 0 spiro atoms. The molecule has 21 heavy (non-hydrogen) atoms. The zero-order valence-corrected chi connectivity index (χ0v) is 13.1. The van der Waals surface area contributed by atoms with Crippen LogP contribution in [0.3, 0.4) is 0 Å². The number of ether oxygens (including phenoxy) is 1. The van der Waals surface area contributed by atoms with Crippen molar-refractivity contribution < 1.29 is 19.4 Å². The van der Waals surface area contributed by atoms with Crippen molar-refractivity contribution >= 4 is 29.3 Å². The molecule has 5 nitrogen and oxygen atoms in total. The fourth-order valence-electron chi connectivity index (χ4n) is 2.48. The Bertz CT molecular complexity index is 576. The number of aliphatic carboxylic acids is 1. The number of amides is 1. The van der Waals surface area contributed by atoms with E-state index in [1.165, 1.54) is 17.4 Å². The Labute approximate surface area is 127 Å². The van der Waals surface area contributed by atoms with E-state index in [0.717, 1.165) is 11.0 Å². The zero-order chi connectivity index (χ0) is 15.6. The van der Waals surface area contributed by atoms with E-state index < -0.39 is 5.97 Å². The number of nitrogens with zero attached hydrogens (tertiary/aromatic N) is 1. The molecule has 0 aromatic carbocycles. The molecule has 1 N–H and O–H groups in total. The lowest BCUT2D eigenvalue weighted by molar-refractivity contribution is -0.131. The van der Waals surface area contributed by atoms with E-state index in [2.05, 4.69) is 0 Å². The fraction of sp³-hybridized carbons (Fsp3) is 0.467. The lowest BCUT2D eigenvalue weighted by Gasteiger charge is -2.41. The van der Waals surface area contributed by atoms with Crippen molar-refractivity contribution in [2.45, 2.75) is 32.5 Å². The molecule has 1 fully saturated rings. The standard InChI is InChI=1S/C15H19NO4S/c1-10-8-16(9-15(2,3)20-10)14(19)12-6-4-11(21-12)5-7-13(17)18/h4-7,10H,8-9H2,1-3H3,(H,17,18). The van der Waals surface area contributed by atoms with Gasteiger partial charge in [-0.05, 0) is 39.0 Å². The Kier molecular flexibility index (Phi) is 4.49. The van der Waals surface area contributed by atoms with Crippen LogP contribution in [0.2, 0.25) is 0 Å². The third-order valence-electron chi connectivity index (χ3n) is 3.08. The van der Waals surface area contributed by atoms with E-state index in [1.54, 1.807) is 17.0 Å². The fourth-order valence-corrected chi connectivity index (χ4v) is 3.35. The SMILES string of the molecule is CC1CN(C(=O)c2ccc(C=CC(=O)O)s2)CC(C)(C)O1. The highest BCUT2D eigenvalue weighted by Gasteiger charge is 2.34. The van der Waals surface area contributed by atoms with Crippen LogP contribution in [0.1, 0.15) is 35.3 Å². The highest BCUT2D eigenvalue weighted by atomic mass is 32.1. The average Bonchev–Trinajstić information content (AvgIpc) is 2.81. The van der Waals surface area contributed by atoms with E-state index >= 15 is 0 Å². The molecule has 2 rings (SSSR count). The van der Waals surface area contributed by atoms with Crippen LogP contribution in [0.5, 0.6) is 0 Å². The summed E-state index contributed by atoms with van der Waals surface area (Å²) in [5.74, 6) is -1.03. The summed E-state index contributed by atoms with van der Waals surface area (Å²) >= 11 is 1.30. The van der Waals surface area contributed by atoms with Gasteiger partial charge >= 0.3 is 5.97 Å². The van der Waals surface area contributed by atoms with Crippen molar-refractivity contribution in [3.05, 3.63) is 28.0 Å². The monoisotopic (exact) mass is 309 g/mol. The van der Waals surface area contributed by atoms with Crippen LogP contribution in [-0.4, -0.2) is 46.7 Å². The van der Waals surface area contributed by atoms with Crippen molar-refractivity contribution in [1.29, 1.82) is 0 Å². The van der Waals surface area contributed by atoms with Gasteiger partial charge in [0.05, 0.1) is 16.6 Å².